The molecule has 2 nitrogen and oxygen atoms in total. The quantitative estimate of drug-likeness (QED) is 0.507. The summed E-state index contributed by atoms with van der Waals surface area (Å²) in [5.74, 6) is 0. The van der Waals surface area contributed by atoms with Gasteiger partial charge >= 0.3 is 0 Å². The molecular weight excluding hydrogens is 280 g/mol. The van der Waals surface area contributed by atoms with Crippen molar-refractivity contribution in [2.45, 2.75) is 39.2 Å². The van der Waals surface area contributed by atoms with Crippen molar-refractivity contribution in [3.63, 3.8) is 0 Å². The molecule has 0 saturated heterocycles. The molecule has 0 aliphatic carbocycles. The van der Waals surface area contributed by atoms with Gasteiger partial charge < -0.3 is 10.6 Å². The molecule has 0 fully saturated rings. The zero-order valence-electron chi connectivity index (χ0n) is 13.2. The van der Waals surface area contributed by atoms with E-state index in [-0.39, 0.29) is 11.5 Å². The topological polar surface area (TPSA) is 24.1 Å². The van der Waals surface area contributed by atoms with E-state index in [0.29, 0.717) is 0 Å². The molecule has 2 N–H and O–H groups in total. The van der Waals surface area contributed by atoms with Crippen LogP contribution in [0.5, 0.6) is 0 Å². The summed E-state index contributed by atoms with van der Waals surface area (Å²) in [6.45, 7) is 8.00. The van der Waals surface area contributed by atoms with Crippen LogP contribution in [0.15, 0.2) is 54.6 Å². The Morgan fingerprint density at radius 3 is 1.76 bits per heavy atom. The summed E-state index contributed by atoms with van der Waals surface area (Å²) in [6.07, 6.45) is 0. The highest BCUT2D eigenvalue weighted by Crippen LogP contribution is 2.35. The summed E-state index contributed by atoms with van der Waals surface area (Å²) in [5.41, 5.74) is 3.19. The lowest BCUT2D eigenvalue weighted by Gasteiger charge is -2.32. The molecule has 1 aliphatic heterocycles. The van der Waals surface area contributed by atoms with Gasteiger partial charge in [0.05, 0.1) is 17.4 Å². The number of anilines is 2. The van der Waals surface area contributed by atoms with Crippen LogP contribution < -0.4 is 10.6 Å². The maximum absolute atomic E-state index is 6.37. The molecule has 0 bridgehead atoms. The fraction of sp³-hybridized carbons (Fsp3) is 0.333. The second kappa shape index (κ2) is 9.30. The molecule has 2 aromatic carbocycles. The van der Waals surface area contributed by atoms with Gasteiger partial charge in [0.1, 0.15) is 5.50 Å². The molecular formula is C18H25ClN2. The van der Waals surface area contributed by atoms with Crippen LogP contribution in [0.2, 0.25) is 0 Å². The molecule has 2 aromatic rings. The monoisotopic (exact) mass is 304 g/mol. The van der Waals surface area contributed by atoms with Crippen molar-refractivity contribution in [1.82, 2.24) is 0 Å². The van der Waals surface area contributed by atoms with Crippen LogP contribution >= 0.6 is 11.6 Å². The summed E-state index contributed by atoms with van der Waals surface area (Å²) < 4.78 is 0. The number of nitrogens with one attached hydrogen (secondary N) is 2. The number of para-hydroxylation sites is 2. The van der Waals surface area contributed by atoms with Crippen molar-refractivity contribution < 1.29 is 0 Å². The van der Waals surface area contributed by atoms with Crippen LogP contribution in [0, 0.1) is 0 Å². The first-order valence-electron chi connectivity index (χ1n) is 7.66. The van der Waals surface area contributed by atoms with Crippen LogP contribution in [-0.4, -0.2) is 5.50 Å². The first kappa shape index (κ1) is 17.4. The van der Waals surface area contributed by atoms with Crippen molar-refractivity contribution in [3.05, 3.63) is 60.2 Å². The van der Waals surface area contributed by atoms with Gasteiger partial charge in [-0.1, -0.05) is 81.8 Å². The van der Waals surface area contributed by atoms with E-state index in [1.165, 1.54) is 5.56 Å². The SMILES string of the molecule is CC.CC.ClC1Nc2ccccc2NC1c1ccccc1. The number of hydrogen-bond donors (Lipinski definition) is 2. The Hall–Kier alpha value is -1.67. The van der Waals surface area contributed by atoms with Crippen LogP contribution in [0.4, 0.5) is 11.4 Å². The van der Waals surface area contributed by atoms with Gasteiger partial charge in [0.15, 0.2) is 0 Å². The van der Waals surface area contributed by atoms with Gasteiger partial charge in [-0.25, -0.2) is 0 Å². The number of fused-ring (bicyclic) bond motifs is 1. The number of alkyl halides is 1. The van der Waals surface area contributed by atoms with Crippen LogP contribution in [0.25, 0.3) is 0 Å². The molecule has 1 aliphatic rings. The lowest BCUT2D eigenvalue weighted by molar-refractivity contribution is 0.752. The predicted molar refractivity (Wildman–Crippen MR) is 95.2 cm³/mol. The summed E-state index contributed by atoms with van der Waals surface area (Å²) in [7, 11) is 0. The molecule has 3 heteroatoms. The standard InChI is InChI=1S/C14H13ClN2.2C2H6/c15-14-13(10-6-2-1-3-7-10)16-11-8-4-5-9-12(11)17-14;2*1-2/h1-9,13-14,16-17H;2*1-2H3. The third-order valence-electron chi connectivity index (χ3n) is 2.98. The molecule has 3 rings (SSSR count). The summed E-state index contributed by atoms with van der Waals surface area (Å²) in [4.78, 5) is 0. The Kier molecular flexibility index (Phi) is 7.70. The van der Waals surface area contributed by atoms with Gasteiger partial charge in [-0.3, -0.25) is 0 Å². The predicted octanol–water partition coefficient (Wildman–Crippen LogP) is 5.88. The minimum absolute atomic E-state index is 0.0905. The summed E-state index contributed by atoms with van der Waals surface area (Å²) in [5, 5.41) is 6.78. The van der Waals surface area contributed by atoms with E-state index in [4.69, 9.17) is 11.6 Å². The average Bonchev–Trinajstić information content (AvgIpc) is 2.58. The van der Waals surface area contributed by atoms with Gasteiger partial charge in [0, 0.05) is 0 Å². The van der Waals surface area contributed by atoms with Crippen molar-refractivity contribution in [2.24, 2.45) is 0 Å². The molecule has 1 heterocycles. The molecule has 2 unspecified atom stereocenters. The highest BCUT2D eigenvalue weighted by atomic mass is 35.5. The number of hydrogen-bond acceptors (Lipinski definition) is 2. The zero-order chi connectivity index (χ0) is 15.7. The van der Waals surface area contributed by atoms with Crippen molar-refractivity contribution in [2.75, 3.05) is 10.6 Å². The second-order valence-corrected chi connectivity index (χ2v) is 4.59. The summed E-state index contributed by atoms with van der Waals surface area (Å²) >= 11 is 6.37. The van der Waals surface area contributed by atoms with E-state index >= 15 is 0 Å². The molecule has 0 radical (unpaired) electrons. The van der Waals surface area contributed by atoms with Crippen LogP contribution in [-0.2, 0) is 0 Å². The van der Waals surface area contributed by atoms with Gasteiger partial charge in [0.25, 0.3) is 0 Å². The largest absolute Gasteiger partial charge is 0.373 e. The Morgan fingerprint density at radius 2 is 1.19 bits per heavy atom. The van der Waals surface area contributed by atoms with E-state index in [1.807, 2.05) is 64.1 Å². The van der Waals surface area contributed by atoms with E-state index in [1.54, 1.807) is 0 Å². The highest BCUT2D eigenvalue weighted by Gasteiger charge is 2.26. The van der Waals surface area contributed by atoms with Gasteiger partial charge in [-0.2, -0.15) is 0 Å². The number of halogens is 1. The maximum Gasteiger partial charge on any atom is 0.126 e. The van der Waals surface area contributed by atoms with Gasteiger partial charge in [-0.15, -0.1) is 0 Å². The minimum Gasteiger partial charge on any atom is -0.373 e. The van der Waals surface area contributed by atoms with Crippen LogP contribution in [0.1, 0.15) is 39.3 Å². The Labute approximate surface area is 133 Å². The van der Waals surface area contributed by atoms with E-state index in [0.717, 1.165) is 11.4 Å². The molecule has 21 heavy (non-hydrogen) atoms. The summed E-state index contributed by atoms with van der Waals surface area (Å²) in [6, 6.07) is 18.4. The molecule has 0 aromatic heterocycles. The molecule has 0 saturated carbocycles. The smallest absolute Gasteiger partial charge is 0.126 e. The first-order chi connectivity index (χ1) is 10.3. The third-order valence-corrected chi connectivity index (χ3v) is 3.34. The van der Waals surface area contributed by atoms with E-state index < -0.39 is 0 Å². The van der Waals surface area contributed by atoms with Crippen molar-refractivity contribution >= 4 is 23.0 Å². The highest BCUT2D eigenvalue weighted by molar-refractivity contribution is 6.22. The number of benzene rings is 2. The van der Waals surface area contributed by atoms with Gasteiger partial charge in [-0.05, 0) is 17.7 Å². The van der Waals surface area contributed by atoms with Crippen molar-refractivity contribution in [3.8, 4) is 0 Å². The Bertz CT molecular complexity index is 514. The molecule has 114 valence electrons. The Balaban J connectivity index is 0.000000510. The molecule has 0 amide bonds. The van der Waals surface area contributed by atoms with Crippen molar-refractivity contribution in [1.29, 1.82) is 0 Å². The van der Waals surface area contributed by atoms with E-state index in [9.17, 15) is 0 Å². The number of rotatable bonds is 1. The normalized spacial score (nSPS) is 18.5. The average molecular weight is 305 g/mol. The zero-order valence-corrected chi connectivity index (χ0v) is 14.0. The molecule has 0 spiro atoms. The lowest BCUT2D eigenvalue weighted by Crippen LogP contribution is -2.32. The lowest BCUT2D eigenvalue weighted by atomic mass is 10.0. The third kappa shape index (κ3) is 4.40. The van der Waals surface area contributed by atoms with Gasteiger partial charge in [0.2, 0.25) is 0 Å². The minimum atomic E-state index is -0.146. The van der Waals surface area contributed by atoms with Crippen LogP contribution in [0.3, 0.4) is 0 Å². The van der Waals surface area contributed by atoms with E-state index in [2.05, 4.69) is 28.8 Å². The fourth-order valence-corrected chi connectivity index (χ4v) is 2.45. The first-order valence-corrected chi connectivity index (χ1v) is 8.09. The second-order valence-electron chi connectivity index (χ2n) is 4.12. The maximum atomic E-state index is 6.37. The molecule has 2 atom stereocenters. The Morgan fingerprint density at radius 1 is 0.714 bits per heavy atom. The fourth-order valence-electron chi connectivity index (χ4n) is 2.12.